The highest BCUT2D eigenvalue weighted by Gasteiger charge is 2.28. The van der Waals surface area contributed by atoms with Gasteiger partial charge in [-0.05, 0) is 12.8 Å². The highest BCUT2D eigenvalue weighted by Crippen LogP contribution is 2.32. The van der Waals surface area contributed by atoms with Crippen LogP contribution >= 0.6 is 11.6 Å². The summed E-state index contributed by atoms with van der Waals surface area (Å²) in [7, 11) is 1.64. The number of ether oxygens (including phenoxy) is 2. The van der Waals surface area contributed by atoms with Gasteiger partial charge in [-0.3, -0.25) is 4.68 Å². The molecule has 0 aromatic carbocycles. The predicted molar refractivity (Wildman–Crippen MR) is 67.6 cm³/mol. The molecule has 0 aliphatic carbocycles. The smallest absolute Gasteiger partial charge is 0.102 e. The molecule has 0 amide bonds. The van der Waals surface area contributed by atoms with Gasteiger partial charge in [0.25, 0.3) is 0 Å². The van der Waals surface area contributed by atoms with Gasteiger partial charge in [-0.2, -0.15) is 5.10 Å². The summed E-state index contributed by atoms with van der Waals surface area (Å²) in [6.45, 7) is 2.48. The van der Waals surface area contributed by atoms with Crippen LogP contribution < -0.4 is 0 Å². The molecule has 1 saturated heterocycles. The summed E-state index contributed by atoms with van der Waals surface area (Å²) < 4.78 is 12.1. The number of nitrogens with zero attached hydrogens (tertiary/aromatic N) is 2. The second kappa shape index (κ2) is 6.52. The van der Waals surface area contributed by atoms with Gasteiger partial charge in [0, 0.05) is 19.6 Å². The minimum Gasteiger partial charge on any atom is -0.386 e. The molecule has 1 N–H and O–H groups in total. The number of aliphatic hydroxyl groups is 1. The highest BCUT2D eigenvalue weighted by atomic mass is 35.5. The number of aromatic nitrogens is 2. The van der Waals surface area contributed by atoms with E-state index in [1.807, 2.05) is 0 Å². The number of methoxy groups -OCH3 is 1. The predicted octanol–water partition coefficient (Wildman–Crippen LogP) is 1.64. The molecular formula is C12H19ClN2O3. The van der Waals surface area contributed by atoms with Crippen LogP contribution in [-0.4, -0.2) is 41.8 Å². The first-order valence-electron chi connectivity index (χ1n) is 6.20. The summed E-state index contributed by atoms with van der Waals surface area (Å²) in [5, 5.41) is 15.1. The lowest BCUT2D eigenvalue weighted by atomic mass is 9.94. The minimum atomic E-state index is -0.628. The summed E-state index contributed by atoms with van der Waals surface area (Å²) in [5.41, 5.74) is 0.671. The first-order chi connectivity index (χ1) is 8.74. The molecular weight excluding hydrogens is 256 g/mol. The van der Waals surface area contributed by atoms with Gasteiger partial charge in [-0.1, -0.05) is 11.6 Å². The van der Waals surface area contributed by atoms with Crippen molar-refractivity contribution in [2.75, 3.05) is 26.9 Å². The van der Waals surface area contributed by atoms with E-state index in [1.54, 1.807) is 18.0 Å². The van der Waals surface area contributed by atoms with Crippen LogP contribution in [0.4, 0.5) is 0 Å². The fraction of sp³-hybridized carbons (Fsp3) is 0.750. The molecule has 6 heteroatoms. The maximum absolute atomic E-state index is 10.4. The second-order valence-corrected chi connectivity index (χ2v) is 4.92. The van der Waals surface area contributed by atoms with Gasteiger partial charge >= 0.3 is 0 Å². The van der Waals surface area contributed by atoms with Gasteiger partial charge in [0.05, 0.1) is 36.7 Å². The third-order valence-electron chi connectivity index (χ3n) is 3.26. The molecule has 0 bridgehead atoms. The zero-order chi connectivity index (χ0) is 13.0. The Morgan fingerprint density at radius 3 is 3.22 bits per heavy atom. The molecule has 1 aliphatic heterocycles. The summed E-state index contributed by atoms with van der Waals surface area (Å²) in [5.74, 6) is 0.0919. The van der Waals surface area contributed by atoms with E-state index >= 15 is 0 Å². The molecule has 2 rings (SSSR count). The maximum Gasteiger partial charge on any atom is 0.102 e. The third kappa shape index (κ3) is 3.03. The third-order valence-corrected chi connectivity index (χ3v) is 3.55. The van der Waals surface area contributed by atoms with Crippen LogP contribution in [0.25, 0.3) is 0 Å². The lowest BCUT2D eigenvalue weighted by Gasteiger charge is -2.27. The van der Waals surface area contributed by atoms with E-state index in [4.69, 9.17) is 21.1 Å². The lowest BCUT2D eigenvalue weighted by Crippen LogP contribution is -2.26. The van der Waals surface area contributed by atoms with Crippen LogP contribution in [-0.2, 0) is 16.0 Å². The largest absolute Gasteiger partial charge is 0.386 e. The van der Waals surface area contributed by atoms with Crippen molar-refractivity contribution in [3.63, 3.8) is 0 Å². The quantitative estimate of drug-likeness (QED) is 0.887. The fourth-order valence-electron chi connectivity index (χ4n) is 2.26. The zero-order valence-electron chi connectivity index (χ0n) is 10.5. The zero-order valence-corrected chi connectivity index (χ0v) is 11.3. The fourth-order valence-corrected chi connectivity index (χ4v) is 2.51. The molecule has 0 saturated carbocycles. The van der Waals surface area contributed by atoms with E-state index in [1.165, 1.54) is 0 Å². The summed E-state index contributed by atoms with van der Waals surface area (Å²) in [6, 6.07) is 0. The van der Waals surface area contributed by atoms with E-state index in [9.17, 15) is 5.11 Å². The molecule has 1 aromatic rings. The minimum absolute atomic E-state index is 0.0919. The highest BCUT2D eigenvalue weighted by molar-refractivity contribution is 6.31. The van der Waals surface area contributed by atoms with Crippen molar-refractivity contribution in [2.24, 2.45) is 5.92 Å². The molecule has 102 valence electrons. The van der Waals surface area contributed by atoms with Gasteiger partial charge in [0.2, 0.25) is 0 Å². The Labute approximate surface area is 112 Å². The Morgan fingerprint density at radius 1 is 1.72 bits per heavy atom. The van der Waals surface area contributed by atoms with Gasteiger partial charge in [-0.25, -0.2) is 0 Å². The Morgan fingerprint density at radius 2 is 2.56 bits per heavy atom. The second-order valence-electron chi connectivity index (χ2n) is 4.52. The molecule has 5 nitrogen and oxygen atoms in total. The number of hydrogen-bond acceptors (Lipinski definition) is 4. The topological polar surface area (TPSA) is 56.5 Å². The van der Waals surface area contributed by atoms with E-state index in [-0.39, 0.29) is 5.92 Å². The number of hydrogen-bond donors (Lipinski definition) is 1. The van der Waals surface area contributed by atoms with Gasteiger partial charge in [0.1, 0.15) is 6.10 Å². The Kier molecular flexibility index (Phi) is 5.00. The molecule has 2 unspecified atom stereocenters. The monoisotopic (exact) mass is 274 g/mol. The standard InChI is InChI=1S/C12H19ClN2O3/c1-17-6-4-15-11(10(13)7-14-15)12(16)9-3-2-5-18-8-9/h7,9,12,16H,2-6,8H2,1H3. The SMILES string of the molecule is COCCn1ncc(Cl)c1C(O)C1CCCOC1. The summed E-state index contributed by atoms with van der Waals surface area (Å²) >= 11 is 6.11. The van der Waals surface area contributed by atoms with Gasteiger partial charge in [0.15, 0.2) is 0 Å². The molecule has 18 heavy (non-hydrogen) atoms. The molecule has 1 aliphatic rings. The molecule has 0 spiro atoms. The average molecular weight is 275 g/mol. The average Bonchev–Trinajstić information content (AvgIpc) is 2.77. The summed E-state index contributed by atoms with van der Waals surface area (Å²) in [6.07, 6.45) is 2.87. The Balaban J connectivity index is 2.12. The van der Waals surface area contributed by atoms with Crippen molar-refractivity contribution < 1.29 is 14.6 Å². The molecule has 2 atom stereocenters. The Hall–Kier alpha value is -0.620. The van der Waals surface area contributed by atoms with Gasteiger partial charge in [-0.15, -0.1) is 0 Å². The van der Waals surface area contributed by atoms with Crippen molar-refractivity contribution in [1.82, 2.24) is 9.78 Å². The van der Waals surface area contributed by atoms with Crippen LogP contribution in [0.3, 0.4) is 0 Å². The van der Waals surface area contributed by atoms with Crippen LogP contribution in [0.5, 0.6) is 0 Å². The van der Waals surface area contributed by atoms with Crippen LogP contribution in [0, 0.1) is 5.92 Å². The molecule has 0 radical (unpaired) electrons. The molecule has 1 fully saturated rings. The van der Waals surface area contributed by atoms with Crippen molar-refractivity contribution in [3.05, 3.63) is 16.9 Å². The van der Waals surface area contributed by atoms with Crippen molar-refractivity contribution >= 4 is 11.6 Å². The van der Waals surface area contributed by atoms with E-state index in [2.05, 4.69) is 5.10 Å². The summed E-state index contributed by atoms with van der Waals surface area (Å²) in [4.78, 5) is 0. The van der Waals surface area contributed by atoms with Crippen LogP contribution in [0.2, 0.25) is 5.02 Å². The van der Waals surface area contributed by atoms with Crippen LogP contribution in [0.1, 0.15) is 24.6 Å². The van der Waals surface area contributed by atoms with E-state index in [0.29, 0.717) is 30.5 Å². The number of halogens is 1. The van der Waals surface area contributed by atoms with E-state index < -0.39 is 6.10 Å². The lowest BCUT2D eigenvalue weighted by molar-refractivity contribution is -0.0135. The molecule has 1 aromatic heterocycles. The first kappa shape index (κ1) is 13.8. The number of aliphatic hydroxyl groups excluding tert-OH is 1. The maximum atomic E-state index is 10.4. The Bertz CT molecular complexity index is 377. The van der Waals surface area contributed by atoms with Crippen molar-refractivity contribution in [2.45, 2.75) is 25.5 Å². The number of rotatable bonds is 5. The normalized spacial score (nSPS) is 22.1. The van der Waals surface area contributed by atoms with Crippen molar-refractivity contribution in [3.8, 4) is 0 Å². The van der Waals surface area contributed by atoms with Crippen LogP contribution in [0.15, 0.2) is 6.20 Å². The van der Waals surface area contributed by atoms with Crippen molar-refractivity contribution in [1.29, 1.82) is 0 Å². The van der Waals surface area contributed by atoms with Gasteiger partial charge < -0.3 is 14.6 Å². The molecule has 2 heterocycles. The first-order valence-corrected chi connectivity index (χ1v) is 6.57. The van der Waals surface area contributed by atoms with E-state index in [0.717, 1.165) is 19.4 Å².